The fourth-order valence-corrected chi connectivity index (χ4v) is 1.75. The molecule has 0 atom stereocenters. The largest absolute Gasteiger partial charge is 0.478 e. The molecule has 2 rings (SSSR count). The molecule has 2 aromatic carbocycles. The van der Waals surface area contributed by atoms with Crippen LogP contribution in [0, 0.1) is 27.7 Å². The van der Waals surface area contributed by atoms with Crippen molar-refractivity contribution in [2.75, 3.05) is 0 Å². The van der Waals surface area contributed by atoms with Crippen molar-refractivity contribution in [2.45, 2.75) is 27.7 Å². The maximum Gasteiger partial charge on any atom is 0.335 e. The van der Waals surface area contributed by atoms with Gasteiger partial charge in [0.05, 0.1) is 11.1 Å². The summed E-state index contributed by atoms with van der Waals surface area (Å²) in [5.41, 5.74) is 4.99. The molecule has 118 valence electrons. The summed E-state index contributed by atoms with van der Waals surface area (Å²) >= 11 is 0. The van der Waals surface area contributed by atoms with Gasteiger partial charge in [-0.05, 0) is 74.2 Å². The van der Waals surface area contributed by atoms with E-state index in [0.29, 0.717) is 11.1 Å². The number of aromatic carboxylic acids is 2. The minimum Gasteiger partial charge on any atom is -0.478 e. The van der Waals surface area contributed by atoms with Gasteiger partial charge in [0.2, 0.25) is 0 Å². The van der Waals surface area contributed by atoms with Crippen molar-refractivity contribution >= 4 is 11.9 Å². The Morgan fingerprint density at radius 2 is 0.957 bits per heavy atom. The summed E-state index contributed by atoms with van der Waals surface area (Å²) in [7, 11) is 0. The summed E-state index contributed by atoms with van der Waals surface area (Å²) in [5.74, 6) is -1.73. The molecule has 2 aromatic rings. The van der Waals surface area contributed by atoms with Crippen molar-refractivity contribution in [2.24, 2.45) is 0 Å². The number of carbonyl (C=O) groups is 2. The Balaban J connectivity index is 0.000000403. The van der Waals surface area contributed by atoms with Crippen LogP contribution in [0.3, 0.4) is 0 Å². The van der Waals surface area contributed by atoms with Gasteiger partial charge >= 0.3 is 11.9 Å². The summed E-state index contributed by atoms with van der Waals surface area (Å²) in [5, 5.41) is 17.2. The van der Waals surface area contributed by atoms with E-state index in [-0.39, 0.29) is 19.5 Å². The molecule has 0 bridgehead atoms. The van der Waals surface area contributed by atoms with Crippen molar-refractivity contribution in [3.63, 3.8) is 0 Å². The molecular formula is C18H20O4Zn. The fraction of sp³-hybridized carbons (Fsp3) is 0.222. The summed E-state index contributed by atoms with van der Waals surface area (Å²) in [6, 6.07) is 10.2. The minimum atomic E-state index is -0.867. The van der Waals surface area contributed by atoms with Crippen LogP contribution >= 0.6 is 0 Å². The Hall–Kier alpha value is -2.00. The Kier molecular flexibility index (Phi) is 8.41. The molecule has 0 heterocycles. The molecule has 0 aromatic heterocycles. The second-order valence-corrected chi connectivity index (χ2v) is 5.21. The molecule has 0 aliphatic carbocycles. The first-order valence-electron chi connectivity index (χ1n) is 6.83. The summed E-state index contributed by atoms with van der Waals surface area (Å²) < 4.78 is 0. The number of hydrogen-bond acceptors (Lipinski definition) is 2. The zero-order valence-corrected chi connectivity index (χ0v) is 16.8. The molecule has 0 fully saturated rings. The summed E-state index contributed by atoms with van der Waals surface area (Å²) in [4.78, 5) is 20.9. The van der Waals surface area contributed by atoms with Crippen LogP contribution < -0.4 is 0 Å². The van der Waals surface area contributed by atoms with Crippen LogP contribution in [0.15, 0.2) is 36.4 Å². The van der Waals surface area contributed by atoms with Gasteiger partial charge in [-0.2, -0.15) is 0 Å². The maximum atomic E-state index is 10.5. The van der Waals surface area contributed by atoms with Gasteiger partial charge in [-0.3, -0.25) is 0 Å². The van der Waals surface area contributed by atoms with Crippen LogP contribution in [0.5, 0.6) is 0 Å². The van der Waals surface area contributed by atoms with Crippen molar-refractivity contribution in [1.29, 1.82) is 0 Å². The van der Waals surface area contributed by atoms with Gasteiger partial charge in [0.25, 0.3) is 0 Å². The second-order valence-electron chi connectivity index (χ2n) is 5.21. The Labute approximate surface area is 148 Å². The van der Waals surface area contributed by atoms with Crippen LogP contribution in [-0.2, 0) is 19.5 Å². The van der Waals surface area contributed by atoms with E-state index < -0.39 is 11.9 Å². The van der Waals surface area contributed by atoms with Crippen LogP contribution in [0.2, 0.25) is 0 Å². The van der Waals surface area contributed by atoms with E-state index in [9.17, 15) is 9.59 Å². The fourth-order valence-electron chi connectivity index (χ4n) is 1.75. The third kappa shape index (κ3) is 6.33. The number of aryl methyl sites for hydroxylation is 4. The molecule has 2 N–H and O–H groups in total. The Morgan fingerprint density at radius 1 is 0.652 bits per heavy atom. The third-order valence-corrected chi connectivity index (χ3v) is 3.51. The van der Waals surface area contributed by atoms with Crippen molar-refractivity contribution in [3.05, 3.63) is 69.8 Å². The molecule has 0 spiro atoms. The SMILES string of the molecule is Cc1ccc(C(=O)O)cc1C.Cc1ccc(C(=O)O)cc1C.[Zn]. The quantitative estimate of drug-likeness (QED) is 0.789. The Bertz CT molecular complexity index is 647. The molecule has 0 radical (unpaired) electrons. The van der Waals surface area contributed by atoms with Crippen molar-refractivity contribution in [1.82, 2.24) is 0 Å². The van der Waals surface area contributed by atoms with E-state index in [1.165, 1.54) is 0 Å². The number of hydrogen-bond donors (Lipinski definition) is 2. The van der Waals surface area contributed by atoms with E-state index in [4.69, 9.17) is 10.2 Å². The topological polar surface area (TPSA) is 74.6 Å². The monoisotopic (exact) mass is 364 g/mol. The third-order valence-electron chi connectivity index (χ3n) is 3.51. The number of carboxylic acids is 2. The zero-order valence-electron chi connectivity index (χ0n) is 13.9. The van der Waals surface area contributed by atoms with Crippen LogP contribution in [0.1, 0.15) is 43.0 Å². The number of rotatable bonds is 2. The molecule has 0 aliphatic rings. The van der Waals surface area contributed by atoms with E-state index in [2.05, 4.69) is 0 Å². The molecule has 0 saturated heterocycles. The van der Waals surface area contributed by atoms with Crippen LogP contribution in [-0.4, -0.2) is 22.2 Å². The van der Waals surface area contributed by atoms with Crippen molar-refractivity contribution < 1.29 is 39.3 Å². The normalized spacial score (nSPS) is 9.22. The molecule has 0 unspecified atom stereocenters. The summed E-state index contributed by atoms with van der Waals surface area (Å²) in [6.07, 6.45) is 0. The summed E-state index contributed by atoms with van der Waals surface area (Å²) in [6.45, 7) is 7.73. The average Bonchev–Trinajstić information content (AvgIpc) is 2.45. The predicted molar refractivity (Wildman–Crippen MR) is 85.8 cm³/mol. The molecule has 4 nitrogen and oxygen atoms in total. The second kappa shape index (κ2) is 9.21. The van der Waals surface area contributed by atoms with E-state index in [1.54, 1.807) is 24.3 Å². The standard InChI is InChI=1S/2C9H10O2.Zn/c2*1-6-3-4-8(9(10)11)5-7(6)2;/h2*3-5H,1-2H3,(H,10,11);. The molecule has 0 amide bonds. The maximum absolute atomic E-state index is 10.5. The van der Waals surface area contributed by atoms with Gasteiger partial charge in [0.1, 0.15) is 0 Å². The van der Waals surface area contributed by atoms with Crippen LogP contribution in [0.4, 0.5) is 0 Å². The Morgan fingerprint density at radius 3 is 1.17 bits per heavy atom. The van der Waals surface area contributed by atoms with Gasteiger partial charge < -0.3 is 10.2 Å². The minimum absolute atomic E-state index is 0. The molecule has 23 heavy (non-hydrogen) atoms. The van der Waals surface area contributed by atoms with E-state index in [0.717, 1.165) is 22.3 Å². The van der Waals surface area contributed by atoms with E-state index in [1.807, 2.05) is 39.8 Å². The van der Waals surface area contributed by atoms with Gasteiger partial charge in [-0.1, -0.05) is 12.1 Å². The molecule has 0 aliphatic heterocycles. The zero-order chi connectivity index (χ0) is 16.9. The van der Waals surface area contributed by atoms with Crippen molar-refractivity contribution in [3.8, 4) is 0 Å². The number of benzene rings is 2. The van der Waals surface area contributed by atoms with Gasteiger partial charge in [0.15, 0.2) is 0 Å². The van der Waals surface area contributed by atoms with E-state index >= 15 is 0 Å². The first-order valence-corrected chi connectivity index (χ1v) is 6.83. The number of carboxylic acid groups (broad SMARTS) is 2. The van der Waals surface area contributed by atoms with Gasteiger partial charge in [0, 0.05) is 19.5 Å². The smallest absolute Gasteiger partial charge is 0.335 e. The average molecular weight is 366 g/mol. The molecular weight excluding hydrogens is 346 g/mol. The first kappa shape index (κ1) is 21.0. The van der Waals surface area contributed by atoms with Crippen LogP contribution in [0.25, 0.3) is 0 Å². The predicted octanol–water partition coefficient (Wildman–Crippen LogP) is 4.00. The van der Waals surface area contributed by atoms with Gasteiger partial charge in [-0.25, -0.2) is 9.59 Å². The van der Waals surface area contributed by atoms with Gasteiger partial charge in [-0.15, -0.1) is 0 Å². The molecule has 0 saturated carbocycles. The first-order chi connectivity index (χ1) is 10.2. The molecule has 5 heteroatoms.